The van der Waals surface area contributed by atoms with Gasteiger partial charge < -0.3 is 20.1 Å². The molecule has 104 valence electrons. The van der Waals surface area contributed by atoms with Crippen molar-refractivity contribution in [2.75, 3.05) is 26.7 Å². The van der Waals surface area contributed by atoms with Crippen LogP contribution in [0, 0.1) is 0 Å². The van der Waals surface area contributed by atoms with E-state index in [2.05, 4.69) is 5.32 Å². The van der Waals surface area contributed by atoms with E-state index in [4.69, 9.17) is 9.84 Å². The Bertz CT molecular complexity index is 308. The van der Waals surface area contributed by atoms with Gasteiger partial charge in [0.2, 0.25) is 0 Å². The van der Waals surface area contributed by atoms with E-state index < -0.39 is 5.97 Å². The minimum Gasteiger partial charge on any atom is -0.481 e. The molecule has 2 N–H and O–H groups in total. The van der Waals surface area contributed by atoms with Gasteiger partial charge in [-0.05, 0) is 26.2 Å². The maximum absolute atomic E-state index is 11.9. The molecule has 1 aliphatic rings. The molecular formula is C12H22N2O4. The highest BCUT2D eigenvalue weighted by molar-refractivity contribution is 5.74. The predicted molar refractivity (Wildman–Crippen MR) is 66.5 cm³/mol. The van der Waals surface area contributed by atoms with E-state index >= 15 is 0 Å². The SMILES string of the molecule is COC1(C)CCCN(C(=O)NCCCC(=O)O)C1. The van der Waals surface area contributed by atoms with Crippen LogP contribution in [-0.4, -0.2) is 54.4 Å². The molecule has 1 rings (SSSR count). The van der Waals surface area contributed by atoms with Crippen molar-refractivity contribution in [1.82, 2.24) is 10.2 Å². The number of methoxy groups -OCH3 is 1. The minimum atomic E-state index is -0.839. The number of carbonyl (C=O) groups is 2. The molecule has 1 fully saturated rings. The molecule has 0 aliphatic carbocycles. The van der Waals surface area contributed by atoms with Crippen LogP contribution in [0.25, 0.3) is 0 Å². The van der Waals surface area contributed by atoms with Crippen LogP contribution in [0.3, 0.4) is 0 Å². The highest BCUT2D eigenvalue weighted by Crippen LogP contribution is 2.23. The van der Waals surface area contributed by atoms with Crippen LogP contribution >= 0.6 is 0 Å². The number of urea groups is 1. The Morgan fingerprint density at radius 3 is 2.83 bits per heavy atom. The third kappa shape index (κ3) is 4.52. The lowest BCUT2D eigenvalue weighted by molar-refractivity contribution is -0.137. The van der Waals surface area contributed by atoms with Crippen molar-refractivity contribution in [2.45, 2.75) is 38.2 Å². The fourth-order valence-electron chi connectivity index (χ4n) is 2.09. The van der Waals surface area contributed by atoms with Gasteiger partial charge in [-0.3, -0.25) is 4.79 Å². The molecule has 1 aliphatic heterocycles. The number of carboxylic acid groups (broad SMARTS) is 1. The molecule has 0 aromatic rings. The predicted octanol–water partition coefficient (Wildman–Crippen LogP) is 1.06. The zero-order valence-corrected chi connectivity index (χ0v) is 11.1. The van der Waals surface area contributed by atoms with Crippen LogP contribution in [0.5, 0.6) is 0 Å². The highest BCUT2D eigenvalue weighted by Gasteiger charge is 2.32. The zero-order valence-electron chi connectivity index (χ0n) is 11.1. The molecule has 1 saturated heterocycles. The molecule has 6 nitrogen and oxygen atoms in total. The van der Waals surface area contributed by atoms with Crippen molar-refractivity contribution in [3.05, 3.63) is 0 Å². The van der Waals surface area contributed by atoms with Crippen molar-refractivity contribution in [3.63, 3.8) is 0 Å². The number of piperidine rings is 1. The van der Waals surface area contributed by atoms with Gasteiger partial charge in [-0.15, -0.1) is 0 Å². The van der Waals surface area contributed by atoms with Crippen molar-refractivity contribution in [3.8, 4) is 0 Å². The first-order valence-electron chi connectivity index (χ1n) is 6.26. The number of carbonyl (C=O) groups excluding carboxylic acids is 1. The molecular weight excluding hydrogens is 236 g/mol. The number of hydrogen-bond donors (Lipinski definition) is 2. The molecule has 0 bridgehead atoms. The second-order valence-corrected chi connectivity index (χ2v) is 4.91. The Morgan fingerprint density at radius 2 is 2.22 bits per heavy atom. The van der Waals surface area contributed by atoms with Crippen LogP contribution in [-0.2, 0) is 9.53 Å². The average Bonchev–Trinajstić information content (AvgIpc) is 2.34. The van der Waals surface area contributed by atoms with Crippen molar-refractivity contribution >= 4 is 12.0 Å². The third-order valence-electron chi connectivity index (χ3n) is 3.28. The Morgan fingerprint density at radius 1 is 1.50 bits per heavy atom. The number of likely N-dealkylation sites (tertiary alicyclic amines) is 1. The molecule has 0 radical (unpaired) electrons. The topological polar surface area (TPSA) is 78.9 Å². The van der Waals surface area contributed by atoms with Gasteiger partial charge in [0.25, 0.3) is 0 Å². The maximum atomic E-state index is 11.9. The summed E-state index contributed by atoms with van der Waals surface area (Å²) < 4.78 is 5.42. The van der Waals surface area contributed by atoms with E-state index in [0.717, 1.165) is 19.4 Å². The maximum Gasteiger partial charge on any atom is 0.317 e. The summed E-state index contributed by atoms with van der Waals surface area (Å²) in [5, 5.41) is 11.2. The molecule has 18 heavy (non-hydrogen) atoms. The van der Waals surface area contributed by atoms with Crippen LogP contribution < -0.4 is 5.32 Å². The van der Waals surface area contributed by atoms with Crippen LogP contribution in [0.1, 0.15) is 32.6 Å². The zero-order chi connectivity index (χ0) is 13.6. The molecule has 1 atom stereocenters. The number of rotatable bonds is 5. The van der Waals surface area contributed by atoms with Crippen molar-refractivity contribution in [1.29, 1.82) is 0 Å². The molecule has 1 heterocycles. The fraction of sp³-hybridized carbons (Fsp3) is 0.833. The first-order valence-corrected chi connectivity index (χ1v) is 6.26. The summed E-state index contributed by atoms with van der Waals surface area (Å²) in [5.41, 5.74) is -0.267. The summed E-state index contributed by atoms with van der Waals surface area (Å²) in [5.74, 6) is -0.839. The molecule has 2 amide bonds. The van der Waals surface area contributed by atoms with Gasteiger partial charge in [0.15, 0.2) is 0 Å². The summed E-state index contributed by atoms with van der Waals surface area (Å²) in [6.45, 7) is 3.69. The first kappa shape index (κ1) is 14.8. The van der Waals surface area contributed by atoms with E-state index in [1.807, 2.05) is 6.92 Å². The van der Waals surface area contributed by atoms with E-state index in [-0.39, 0.29) is 18.1 Å². The molecule has 6 heteroatoms. The second kappa shape index (κ2) is 6.58. The summed E-state index contributed by atoms with van der Waals surface area (Å²) in [7, 11) is 1.66. The average molecular weight is 258 g/mol. The third-order valence-corrected chi connectivity index (χ3v) is 3.28. The Kier molecular flexibility index (Phi) is 5.40. The van der Waals surface area contributed by atoms with E-state index in [0.29, 0.717) is 19.5 Å². The fourth-order valence-corrected chi connectivity index (χ4v) is 2.09. The summed E-state index contributed by atoms with van der Waals surface area (Å²) in [4.78, 5) is 23.9. The number of amides is 2. The smallest absolute Gasteiger partial charge is 0.317 e. The second-order valence-electron chi connectivity index (χ2n) is 4.91. The summed E-state index contributed by atoms with van der Waals surface area (Å²) >= 11 is 0. The van der Waals surface area contributed by atoms with Gasteiger partial charge >= 0.3 is 12.0 Å². The van der Waals surface area contributed by atoms with Crippen LogP contribution in [0.4, 0.5) is 4.79 Å². The number of hydrogen-bond acceptors (Lipinski definition) is 3. The summed E-state index contributed by atoms with van der Waals surface area (Å²) in [6.07, 6.45) is 2.41. The molecule has 0 aromatic heterocycles. The van der Waals surface area contributed by atoms with Crippen LogP contribution in [0.15, 0.2) is 0 Å². The lowest BCUT2D eigenvalue weighted by Gasteiger charge is -2.39. The van der Waals surface area contributed by atoms with Crippen LogP contribution in [0.2, 0.25) is 0 Å². The molecule has 0 saturated carbocycles. The van der Waals surface area contributed by atoms with E-state index in [9.17, 15) is 9.59 Å². The Hall–Kier alpha value is -1.30. The lowest BCUT2D eigenvalue weighted by atomic mass is 9.95. The van der Waals surface area contributed by atoms with Crippen molar-refractivity contribution in [2.24, 2.45) is 0 Å². The quantitative estimate of drug-likeness (QED) is 0.723. The number of nitrogens with one attached hydrogen (secondary N) is 1. The normalized spacial score (nSPS) is 23.8. The van der Waals surface area contributed by atoms with E-state index in [1.165, 1.54) is 0 Å². The number of ether oxygens (including phenoxy) is 1. The molecule has 0 aromatic carbocycles. The largest absolute Gasteiger partial charge is 0.481 e. The van der Waals surface area contributed by atoms with Gasteiger partial charge in [0.05, 0.1) is 12.1 Å². The summed E-state index contributed by atoms with van der Waals surface area (Å²) in [6, 6.07) is -0.136. The lowest BCUT2D eigenvalue weighted by Crippen LogP contribution is -2.52. The minimum absolute atomic E-state index is 0.0794. The number of nitrogens with zero attached hydrogens (tertiary/aromatic N) is 1. The Labute approximate surface area is 107 Å². The van der Waals surface area contributed by atoms with Gasteiger partial charge in [-0.2, -0.15) is 0 Å². The van der Waals surface area contributed by atoms with E-state index in [1.54, 1.807) is 12.0 Å². The standard InChI is InChI=1S/C12H22N2O4/c1-12(18-2)6-4-8-14(9-12)11(17)13-7-3-5-10(15)16/h3-9H2,1-2H3,(H,13,17)(H,15,16). The molecule has 1 unspecified atom stereocenters. The first-order chi connectivity index (χ1) is 8.47. The number of aliphatic carboxylic acids is 1. The van der Waals surface area contributed by atoms with Gasteiger partial charge in [0.1, 0.15) is 0 Å². The van der Waals surface area contributed by atoms with Gasteiger partial charge in [0, 0.05) is 26.6 Å². The Balaban J connectivity index is 2.31. The van der Waals surface area contributed by atoms with Gasteiger partial charge in [-0.1, -0.05) is 0 Å². The highest BCUT2D eigenvalue weighted by atomic mass is 16.5. The van der Waals surface area contributed by atoms with Gasteiger partial charge in [-0.25, -0.2) is 4.79 Å². The van der Waals surface area contributed by atoms with Crippen molar-refractivity contribution < 1.29 is 19.4 Å². The number of carboxylic acids is 1. The molecule has 0 spiro atoms. The monoisotopic (exact) mass is 258 g/mol.